The molecule has 19 heavy (non-hydrogen) atoms. The number of carbonyl (C=O) groups excluding carboxylic acids is 2. The molecule has 4 N–H and O–H groups in total. The Bertz CT molecular complexity index is 521. The van der Waals surface area contributed by atoms with Gasteiger partial charge in [0.25, 0.3) is 0 Å². The number of carboxylic acids is 1. The Kier molecular flexibility index (Phi) is 4.81. The second-order valence-corrected chi connectivity index (χ2v) is 3.78. The Morgan fingerprint density at radius 1 is 1.58 bits per heavy atom. The number of hydrogen-bond donors (Lipinski definition) is 3. The molecule has 0 unspecified atom stereocenters. The average molecular weight is 266 g/mol. The van der Waals surface area contributed by atoms with E-state index in [0.29, 0.717) is 5.69 Å². The zero-order valence-corrected chi connectivity index (χ0v) is 10.2. The van der Waals surface area contributed by atoms with Gasteiger partial charge in [0, 0.05) is 19.3 Å². The van der Waals surface area contributed by atoms with E-state index < -0.39 is 30.2 Å². The number of carboxylic acid groups (broad SMARTS) is 1. The van der Waals surface area contributed by atoms with Gasteiger partial charge < -0.3 is 16.2 Å². The summed E-state index contributed by atoms with van der Waals surface area (Å²) in [6.45, 7) is 0. The molecule has 2 amide bonds. The van der Waals surface area contributed by atoms with E-state index in [-0.39, 0.29) is 0 Å². The number of aromatic nitrogens is 2. The van der Waals surface area contributed by atoms with E-state index in [1.54, 1.807) is 24.0 Å². The van der Waals surface area contributed by atoms with E-state index in [2.05, 4.69) is 10.4 Å². The SMILES string of the molecule is Cn1nccc1C=CC(=O)N[C@@H](CC(N)=O)C(=O)O. The molecule has 8 nitrogen and oxygen atoms in total. The maximum absolute atomic E-state index is 11.5. The van der Waals surface area contributed by atoms with E-state index >= 15 is 0 Å². The minimum absolute atomic E-state index is 0.458. The summed E-state index contributed by atoms with van der Waals surface area (Å²) in [5.74, 6) is -2.75. The first-order valence-electron chi connectivity index (χ1n) is 5.38. The molecule has 0 aliphatic heterocycles. The number of hydrogen-bond acceptors (Lipinski definition) is 4. The van der Waals surface area contributed by atoms with Crippen LogP contribution in [0.3, 0.4) is 0 Å². The summed E-state index contributed by atoms with van der Waals surface area (Å²) in [6, 6.07) is 0.350. The lowest BCUT2D eigenvalue weighted by Crippen LogP contribution is -2.42. The third-order valence-corrected chi connectivity index (χ3v) is 2.28. The van der Waals surface area contributed by atoms with Crippen LogP contribution < -0.4 is 11.1 Å². The number of rotatable bonds is 6. The van der Waals surface area contributed by atoms with Crippen LogP contribution in [0.5, 0.6) is 0 Å². The third kappa shape index (κ3) is 4.62. The highest BCUT2D eigenvalue weighted by molar-refractivity contribution is 5.95. The lowest BCUT2D eigenvalue weighted by atomic mass is 10.2. The summed E-state index contributed by atoms with van der Waals surface area (Å²) < 4.78 is 1.54. The van der Waals surface area contributed by atoms with Gasteiger partial charge in [0.1, 0.15) is 6.04 Å². The molecule has 0 aromatic carbocycles. The van der Waals surface area contributed by atoms with E-state index in [4.69, 9.17) is 10.8 Å². The zero-order valence-electron chi connectivity index (χ0n) is 10.2. The van der Waals surface area contributed by atoms with Gasteiger partial charge >= 0.3 is 5.97 Å². The number of primary amides is 1. The Labute approximate surface area is 108 Å². The number of amides is 2. The largest absolute Gasteiger partial charge is 0.480 e. The number of carbonyl (C=O) groups is 3. The summed E-state index contributed by atoms with van der Waals surface area (Å²) >= 11 is 0. The van der Waals surface area contributed by atoms with Crippen LogP contribution in [0.25, 0.3) is 6.08 Å². The first-order chi connectivity index (χ1) is 8.90. The topological polar surface area (TPSA) is 127 Å². The van der Waals surface area contributed by atoms with E-state index in [9.17, 15) is 14.4 Å². The van der Waals surface area contributed by atoms with E-state index in [1.807, 2.05) is 0 Å². The minimum atomic E-state index is -1.33. The molecule has 0 saturated heterocycles. The fourth-order valence-electron chi connectivity index (χ4n) is 1.33. The Morgan fingerprint density at radius 2 is 2.26 bits per heavy atom. The van der Waals surface area contributed by atoms with Crippen molar-refractivity contribution in [1.82, 2.24) is 15.1 Å². The number of nitrogens with one attached hydrogen (secondary N) is 1. The molecule has 1 aromatic heterocycles. The molecule has 0 aliphatic carbocycles. The zero-order chi connectivity index (χ0) is 14.4. The molecule has 102 valence electrons. The van der Waals surface area contributed by atoms with Crippen molar-refractivity contribution in [1.29, 1.82) is 0 Å². The first kappa shape index (κ1) is 14.4. The second kappa shape index (κ2) is 6.34. The van der Waals surface area contributed by atoms with Crippen molar-refractivity contribution in [2.24, 2.45) is 12.8 Å². The molecule has 1 rings (SSSR count). The molecule has 0 aliphatic rings. The summed E-state index contributed by atoms with van der Waals surface area (Å²) in [5.41, 5.74) is 5.57. The summed E-state index contributed by atoms with van der Waals surface area (Å²) in [7, 11) is 1.70. The maximum Gasteiger partial charge on any atom is 0.326 e. The molecule has 1 heterocycles. The lowest BCUT2D eigenvalue weighted by Gasteiger charge is -2.10. The van der Waals surface area contributed by atoms with Gasteiger partial charge in [-0.05, 0) is 12.1 Å². The number of aryl methyl sites for hydroxylation is 1. The molecule has 8 heteroatoms. The van der Waals surface area contributed by atoms with Crippen LogP contribution in [0.15, 0.2) is 18.3 Å². The van der Waals surface area contributed by atoms with Crippen LogP contribution in [0.2, 0.25) is 0 Å². The molecule has 0 saturated carbocycles. The van der Waals surface area contributed by atoms with E-state index in [1.165, 1.54) is 6.08 Å². The fraction of sp³-hybridized carbons (Fsp3) is 0.273. The molecule has 0 fully saturated rings. The van der Waals surface area contributed by atoms with Gasteiger partial charge in [-0.1, -0.05) is 0 Å². The lowest BCUT2D eigenvalue weighted by molar-refractivity contribution is -0.142. The predicted molar refractivity (Wildman–Crippen MR) is 65.6 cm³/mol. The minimum Gasteiger partial charge on any atom is -0.480 e. The van der Waals surface area contributed by atoms with Crippen molar-refractivity contribution in [2.75, 3.05) is 0 Å². The molecule has 1 aromatic rings. The molecule has 0 bridgehead atoms. The van der Waals surface area contributed by atoms with Gasteiger partial charge in [0.05, 0.1) is 12.1 Å². The van der Waals surface area contributed by atoms with Gasteiger partial charge in [-0.2, -0.15) is 5.10 Å². The predicted octanol–water partition coefficient (Wildman–Crippen LogP) is -1.12. The monoisotopic (exact) mass is 266 g/mol. The Balaban J connectivity index is 2.63. The Morgan fingerprint density at radius 3 is 2.74 bits per heavy atom. The molecule has 0 spiro atoms. The number of nitrogens with zero attached hydrogens (tertiary/aromatic N) is 2. The highest BCUT2D eigenvalue weighted by Crippen LogP contribution is 1.99. The molecular weight excluding hydrogens is 252 g/mol. The van der Waals surface area contributed by atoms with Gasteiger partial charge in [0.2, 0.25) is 11.8 Å². The van der Waals surface area contributed by atoms with Crippen molar-refractivity contribution in [3.05, 3.63) is 24.0 Å². The summed E-state index contributed by atoms with van der Waals surface area (Å²) in [6.07, 6.45) is 3.74. The van der Waals surface area contributed by atoms with Gasteiger partial charge in [-0.3, -0.25) is 14.3 Å². The highest BCUT2D eigenvalue weighted by atomic mass is 16.4. The van der Waals surface area contributed by atoms with Gasteiger partial charge in [-0.25, -0.2) is 4.79 Å². The first-order valence-corrected chi connectivity index (χ1v) is 5.38. The number of aliphatic carboxylic acids is 1. The fourth-order valence-corrected chi connectivity index (χ4v) is 1.33. The quantitative estimate of drug-likeness (QED) is 0.562. The molecule has 1 atom stereocenters. The summed E-state index contributed by atoms with van der Waals surface area (Å²) in [5, 5.41) is 14.9. The van der Waals surface area contributed by atoms with Crippen LogP contribution in [0, 0.1) is 0 Å². The van der Waals surface area contributed by atoms with Gasteiger partial charge in [-0.15, -0.1) is 0 Å². The smallest absolute Gasteiger partial charge is 0.326 e. The Hall–Kier alpha value is -2.64. The molecule has 0 radical (unpaired) electrons. The second-order valence-electron chi connectivity index (χ2n) is 3.78. The summed E-state index contributed by atoms with van der Waals surface area (Å²) in [4.78, 5) is 33.0. The van der Waals surface area contributed by atoms with Crippen molar-refractivity contribution in [3.8, 4) is 0 Å². The normalized spacial score (nSPS) is 12.3. The van der Waals surface area contributed by atoms with Gasteiger partial charge in [0.15, 0.2) is 0 Å². The van der Waals surface area contributed by atoms with Crippen molar-refractivity contribution < 1.29 is 19.5 Å². The van der Waals surface area contributed by atoms with Crippen LogP contribution >= 0.6 is 0 Å². The third-order valence-electron chi connectivity index (χ3n) is 2.28. The number of nitrogens with two attached hydrogens (primary N) is 1. The van der Waals surface area contributed by atoms with Crippen molar-refractivity contribution in [3.63, 3.8) is 0 Å². The standard InChI is InChI=1S/C11H14N4O4/c1-15-7(4-5-13-15)2-3-10(17)14-8(11(18)19)6-9(12)16/h2-5,8H,6H2,1H3,(H2,12,16)(H,14,17)(H,18,19)/t8-/m0/s1. The van der Waals surface area contributed by atoms with Crippen molar-refractivity contribution in [2.45, 2.75) is 12.5 Å². The van der Waals surface area contributed by atoms with Crippen LogP contribution in [-0.4, -0.2) is 38.7 Å². The maximum atomic E-state index is 11.5. The van der Waals surface area contributed by atoms with E-state index in [0.717, 1.165) is 6.08 Å². The highest BCUT2D eigenvalue weighted by Gasteiger charge is 2.20. The van der Waals surface area contributed by atoms with Crippen molar-refractivity contribution >= 4 is 23.9 Å². The van der Waals surface area contributed by atoms with Crippen LogP contribution in [0.4, 0.5) is 0 Å². The van der Waals surface area contributed by atoms with Crippen LogP contribution in [0.1, 0.15) is 12.1 Å². The van der Waals surface area contributed by atoms with Crippen LogP contribution in [-0.2, 0) is 21.4 Å². The average Bonchev–Trinajstić information content (AvgIpc) is 2.70. The molecular formula is C11H14N4O4.